The number of amides is 1. The predicted octanol–water partition coefficient (Wildman–Crippen LogP) is 5.26. The average Bonchev–Trinajstić information content (AvgIpc) is 2.63. The van der Waals surface area contributed by atoms with Gasteiger partial charge in [-0.05, 0) is 67.3 Å². The molecule has 0 atom stereocenters. The Morgan fingerprint density at radius 2 is 1.67 bits per heavy atom. The molecule has 0 saturated heterocycles. The van der Waals surface area contributed by atoms with Crippen molar-refractivity contribution in [3.05, 3.63) is 88.2 Å². The van der Waals surface area contributed by atoms with Crippen LogP contribution in [-0.2, 0) is 6.42 Å². The first-order chi connectivity index (χ1) is 13.0. The van der Waals surface area contributed by atoms with Gasteiger partial charge in [0, 0.05) is 29.6 Å². The Morgan fingerprint density at radius 1 is 0.963 bits per heavy atom. The minimum absolute atomic E-state index is 0.172. The number of hydrogen-bond acceptors (Lipinski definition) is 3. The van der Waals surface area contributed by atoms with Crippen molar-refractivity contribution in [1.29, 1.82) is 0 Å². The molecule has 138 valence electrons. The minimum Gasteiger partial charge on any atom is -0.383 e. The van der Waals surface area contributed by atoms with E-state index < -0.39 is 0 Å². The Kier molecular flexibility index (Phi) is 6.09. The molecular formula is C22H22ClN3O. The summed E-state index contributed by atoms with van der Waals surface area (Å²) >= 11 is 5.90. The molecule has 0 bridgehead atoms. The van der Waals surface area contributed by atoms with Gasteiger partial charge >= 0.3 is 0 Å². The van der Waals surface area contributed by atoms with Gasteiger partial charge in [-0.3, -0.25) is 9.78 Å². The number of hydrogen-bond donors (Lipinski definition) is 2. The average molecular weight is 380 g/mol. The molecule has 0 aliphatic heterocycles. The summed E-state index contributed by atoms with van der Waals surface area (Å²) in [5.74, 6) is -0.172. The number of nitrogens with one attached hydrogen (secondary N) is 2. The van der Waals surface area contributed by atoms with Crippen molar-refractivity contribution >= 4 is 28.9 Å². The maximum atomic E-state index is 12.5. The highest BCUT2D eigenvalue weighted by atomic mass is 35.5. The Bertz CT molecular complexity index is 918. The summed E-state index contributed by atoms with van der Waals surface area (Å²) in [6.07, 6.45) is 4.15. The second-order valence-electron chi connectivity index (χ2n) is 6.60. The molecule has 0 aliphatic carbocycles. The smallest absolute Gasteiger partial charge is 0.257 e. The standard InChI is InChI=1S/C22H22ClN3O/c1-15-9-16(2)11-20(10-15)26-22(27)18-12-21(14-24-13-18)25-8-7-17-3-5-19(23)6-4-17/h3-6,9-14,25H,7-8H2,1-2H3,(H,26,27). The highest BCUT2D eigenvalue weighted by Gasteiger charge is 2.08. The summed E-state index contributed by atoms with van der Waals surface area (Å²) in [5, 5.41) is 6.98. The van der Waals surface area contributed by atoms with Gasteiger partial charge in [-0.1, -0.05) is 29.8 Å². The number of aryl methyl sites for hydroxylation is 2. The molecule has 0 spiro atoms. The monoisotopic (exact) mass is 379 g/mol. The number of aromatic nitrogens is 1. The quantitative estimate of drug-likeness (QED) is 0.614. The van der Waals surface area contributed by atoms with E-state index in [1.54, 1.807) is 12.4 Å². The predicted molar refractivity (Wildman–Crippen MR) is 112 cm³/mol. The Balaban J connectivity index is 1.60. The first kappa shape index (κ1) is 18.9. The molecule has 0 aliphatic rings. The molecule has 0 fully saturated rings. The van der Waals surface area contributed by atoms with E-state index >= 15 is 0 Å². The zero-order chi connectivity index (χ0) is 19.2. The van der Waals surface area contributed by atoms with Crippen molar-refractivity contribution in [2.75, 3.05) is 17.2 Å². The van der Waals surface area contributed by atoms with Crippen LogP contribution in [0.1, 0.15) is 27.0 Å². The van der Waals surface area contributed by atoms with Crippen LogP contribution in [0.2, 0.25) is 5.02 Å². The molecule has 1 amide bonds. The Hall–Kier alpha value is -2.85. The maximum absolute atomic E-state index is 12.5. The Labute approximate surface area is 164 Å². The second-order valence-corrected chi connectivity index (χ2v) is 7.03. The lowest BCUT2D eigenvalue weighted by molar-refractivity contribution is 0.102. The molecule has 3 aromatic rings. The van der Waals surface area contributed by atoms with Gasteiger partial charge in [-0.15, -0.1) is 0 Å². The zero-order valence-corrected chi connectivity index (χ0v) is 16.2. The molecule has 0 radical (unpaired) electrons. The molecule has 1 heterocycles. The number of nitrogens with zero attached hydrogens (tertiary/aromatic N) is 1. The van der Waals surface area contributed by atoms with Gasteiger partial charge in [-0.25, -0.2) is 0 Å². The summed E-state index contributed by atoms with van der Waals surface area (Å²) in [4.78, 5) is 16.7. The number of carbonyl (C=O) groups is 1. The van der Waals surface area contributed by atoms with Crippen LogP contribution in [0.4, 0.5) is 11.4 Å². The molecule has 1 aromatic heterocycles. The molecule has 0 saturated carbocycles. The van der Waals surface area contributed by atoms with Gasteiger partial charge in [-0.2, -0.15) is 0 Å². The fourth-order valence-electron chi connectivity index (χ4n) is 2.91. The van der Waals surface area contributed by atoms with Gasteiger partial charge in [0.2, 0.25) is 0 Å². The fraction of sp³-hybridized carbons (Fsp3) is 0.182. The first-order valence-corrected chi connectivity index (χ1v) is 9.20. The van der Waals surface area contributed by atoms with Gasteiger partial charge in [0.25, 0.3) is 5.91 Å². The Morgan fingerprint density at radius 3 is 2.37 bits per heavy atom. The van der Waals surface area contributed by atoms with E-state index in [0.29, 0.717) is 5.56 Å². The number of carbonyl (C=O) groups excluding carboxylic acids is 1. The van der Waals surface area contributed by atoms with E-state index in [4.69, 9.17) is 11.6 Å². The van der Waals surface area contributed by atoms with Gasteiger partial charge < -0.3 is 10.6 Å². The zero-order valence-electron chi connectivity index (χ0n) is 15.4. The normalized spacial score (nSPS) is 10.5. The van der Waals surface area contributed by atoms with Crippen LogP contribution in [0.3, 0.4) is 0 Å². The van der Waals surface area contributed by atoms with E-state index in [2.05, 4.69) is 21.7 Å². The van der Waals surface area contributed by atoms with E-state index in [9.17, 15) is 4.79 Å². The number of rotatable bonds is 6. The van der Waals surface area contributed by atoms with Crippen LogP contribution < -0.4 is 10.6 Å². The number of benzene rings is 2. The van der Waals surface area contributed by atoms with Crippen LogP contribution in [0, 0.1) is 13.8 Å². The van der Waals surface area contributed by atoms with Crippen molar-refractivity contribution in [3.8, 4) is 0 Å². The largest absolute Gasteiger partial charge is 0.383 e. The molecule has 0 unspecified atom stereocenters. The fourth-order valence-corrected chi connectivity index (χ4v) is 3.04. The third-order valence-electron chi connectivity index (χ3n) is 4.14. The summed E-state index contributed by atoms with van der Waals surface area (Å²) < 4.78 is 0. The molecular weight excluding hydrogens is 358 g/mol. The molecule has 27 heavy (non-hydrogen) atoms. The van der Waals surface area contributed by atoms with Gasteiger partial charge in [0.1, 0.15) is 0 Å². The molecule has 2 aromatic carbocycles. The third kappa shape index (κ3) is 5.56. The summed E-state index contributed by atoms with van der Waals surface area (Å²) in [7, 11) is 0. The molecule has 4 nitrogen and oxygen atoms in total. The number of pyridine rings is 1. The van der Waals surface area contributed by atoms with Gasteiger partial charge in [0.05, 0.1) is 11.3 Å². The lowest BCUT2D eigenvalue weighted by Crippen LogP contribution is -2.13. The second kappa shape index (κ2) is 8.69. The molecule has 5 heteroatoms. The SMILES string of the molecule is Cc1cc(C)cc(NC(=O)c2cncc(NCCc3ccc(Cl)cc3)c2)c1. The number of anilines is 2. The van der Waals surface area contributed by atoms with E-state index in [0.717, 1.165) is 40.5 Å². The topological polar surface area (TPSA) is 54.0 Å². The maximum Gasteiger partial charge on any atom is 0.257 e. The lowest BCUT2D eigenvalue weighted by Gasteiger charge is -2.10. The van der Waals surface area contributed by atoms with Crippen molar-refractivity contribution in [3.63, 3.8) is 0 Å². The third-order valence-corrected chi connectivity index (χ3v) is 4.39. The van der Waals surface area contributed by atoms with Crippen molar-refractivity contribution in [2.45, 2.75) is 20.3 Å². The van der Waals surface area contributed by atoms with Crippen LogP contribution in [0.25, 0.3) is 0 Å². The van der Waals surface area contributed by atoms with Gasteiger partial charge in [0.15, 0.2) is 0 Å². The highest BCUT2D eigenvalue weighted by Crippen LogP contribution is 2.16. The van der Waals surface area contributed by atoms with E-state index in [-0.39, 0.29) is 5.91 Å². The van der Waals surface area contributed by atoms with Crippen LogP contribution in [-0.4, -0.2) is 17.4 Å². The summed E-state index contributed by atoms with van der Waals surface area (Å²) in [5.41, 5.74) is 5.55. The van der Waals surface area contributed by atoms with Crippen molar-refractivity contribution in [2.24, 2.45) is 0 Å². The van der Waals surface area contributed by atoms with E-state index in [1.165, 1.54) is 5.56 Å². The first-order valence-electron chi connectivity index (χ1n) is 8.82. The summed E-state index contributed by atoms with van der Waals surface area (Å²) in [6.45, 7) is 4.76. The number of halogens is 1. The minimum atomic E-state index is -0.172. The van der Waals surface area contributed by atoms with Crippen LogP contribution in [0.5, 0.6) is 0 Å². The molecule has 2 N–H and O–H groups in total. The van der Waals surface area contributed by atoms with Crippen molar-refractivity contribution in [1.82, 2.24) is 4.98 Å². The van der Waals surface area contributed by atoms with Crippen LogP contribution in [0.15, 0.2) is 60.9 Å². The lowest BCUT2D eigenvalue weighted by atomic mass is 10.1. The molecule has 3 rings (SSSR count). The summed E-state index contributed by atoms with van der Waals surface area (Å²) in [6, 6.07) is 15.6. The van der Waals surface area contributed by atoms with E-state index in [1.807, 2.05) is 56.3 Å². The van der Waals surface area contributed by atoms with Crippen molar-refractivity contribution < 1.29 is 4.79 Å². The highest BCUT2D eigenvalue weighted by molar-refractivity contribution is 6.30. The van der Waals surface area contributed by atoms with Crippen LogP contribution >= 0.6 is 11.6 Å².